The molecule has 12 rings (SSSR count). The smallest absolute Gasteiger partial charge is 0.444 e. The van der Waals surface area contributed by atoms with Crippen LogP contribution in [0.2, 0.25) is 0 Å². The number of ether oxygens (including phenoxy) is 8. The average Bonchev–Trinajstić information content (AvgIpc) is 1.62. The molecule has 5 aliphatic heterocycles. The Morgan fingerprint density at radius 2 is 0.640 bits per heavy atom. The molecular weight excluding hydrogens is 1720 g/mol. The monoisotopic (exact) mass is 1860 g/mol. The number of carbonyl (C=O) groups is 4. The van der Waals surface area contributed by atoms with Gasteiger partial charge in [-0.05, 0) is 307 Å². The molecule has 4 radical (unpaired) electrons. The molecule has 1 fully saturated rings. The summed E-state index contributed by atoms with van der Waals surface area (Å²) in [6.07, 6.45) is 11.7. The number of nitrogens with zero attached hydrogens (tertiary/aromatic N) is 3. The Hall–Kier alpha value is -7.84. The molecule has 8 heterocycles. The second-order valence-corrected chi connectivity index (χ2v) is 38.7. The predicted molar refractivity (Wildman–Crippen MR) is 504 cm³/mol. The fourth-order valence-electron chi connectivity index (χ4n) is 12.1. The first kappa shape index (κ1) is 111. The second-order valence-electron chi connectivity index (χ2n) is 36.9. The number of pyridine rings is 3. The van der Waals surface area contributed by atoms with E-state index in [1.165, 1.54) is 33.4 Å². The lowest BCUT2D eigenvalue weighted by Gasteiger charge is -2.32. The summed E-state index contributed by atoms with van der Waals surface area (Å²) >= 11 is 6.83. The van der Waals surface area contributed by atoms with E-state index in [2.05, 4.69) is 142 Å². The van der Waals surface area contributed by atoms with Crippen molar-refractivity contribution in [3.05, 3.63) is 200 Å². The molecule has 3 aromatic heterocycles. The van der Waals surface area contributed by atoms with Crippen LogP contribution in [0.4, 0.5) is 19.2 Å². The number of carbonyl (C=O) groups excluding carboxylic acids is 4. The van der Waals surface area contributed by atoms with Gasteiger partial charge in [-0.3, -0.25) is 15.0 Å². The van der Waals surface area contributed by atoms with Gasteiger partial charge in [0, 0.05) is 61.6 Å². The maximum Gasteiger partial charge on any atom is 0.495 e. The molecule has 5 aliphatic rings. The summed E-state index contributed by atoms with van der Waals surface area (Å²) in [4.78, 5) is 59.5. The van der Waals surface area contributed by atoms with Crippen molar-refractivity contribution in [2.45, 2.75) is 287 Å². The molecule has 4 aromatic carbocycles. The molecule has 3 unspecified atom stereocenters. The van der Waals surface area contributed by atoms with Crippen molar-refractivity contribution in [1.29, 1.82) is 0 Å². The average molecular weight is 1860 g/mol. The lowest BCUT2D eigenvalue weighted by molar-refractivity contribution is -0.107. The van der Waals surface area contributed by atoms with Crippen molar-refractivity contribution < 1.29 is 86.8 Å². The highest BCUT2D eigenvalue weighted by atomic mass is 79.9. The van der Waals surface area contributed by atoms with E-state index in [-0.39, 0.29) is 50.5 Å². The molecule has 30 heteroatoms. The molecule has 0 spiro atoms. The van der Waals surface area contributed by atoms with E-state index in [1.807, 2.05) is 162 Å². The lowest BCUT2D eigenvalue weighted by Crippen LogP contribution is -2.44. The highest BCUT2D eigenvalue weighted by Gasteiger charge is 2.53. The molecule has 4 atom stereocenters. The molecular formula is C95H140B3Br2N7O18. The lowest BCUT2D eigenvalue weighted by atomic mass is 9.73. The summed E-state index contributed by atoms with van der Waals surface area (Å²) in [6.45, 7) is 47.0. The number of aromatic nitrogens is 3. The summed E-state index contributed by atoms with van der Waals surface area (Å²) < 4.78 is 59.3. The Kier molecular flexibility index (Phi) is 43.7. The zero-order valence-electron chi connectivity index (χ0n) is 76.5. The van der Waals surface area contributed by atoms with Gasteiger partial charge < -0.3 is 88.9 Å². The van der Waals surface area contributed by atoms with E-state index in [1.54, 1.807) is 92.6 Å². The van der Waals surface area contributed by atoms with Crippen LogP contribution in [-0.2, 0) is 72.9 Å². The van der Waals surface area contributed by atoms with Crippen LogP contribution in [0.25, 0.3) is 22.3 Å². The highest BCUT2D eigenvalue weighted by Crippen LogP contribution is 2.40. The Morgan fingerprint density at radius 1 is 0.392 bits per heavy atom. The Morgan fingerprint density at radius 3 is 0.912 bits per heavy atom. The van der Waals surface area contributed by atoms with Crippen molar-refractivity contribution in [2.75, 3.05) is 52.6 Å². The van der Waals surface area contributed by atoms with Gasteiger partial charge in [-0.1, -0.05) is 113 Å². The number of alkyl carbamates (subject to hydrolysis) is 4. The summed E-state index contributed by atoms with van der Waals surface area (Å²) in [6, 6.07) is 36.4. The van der Waals surface area contributed by atoms with Crippen molar-refractivity contribution in [1.82, 2.24) is 36.2 Å². The zero-order valence-corrected chi connectivity index (χ0v) is 79.7. The zero-order chi connectivity index (χ0) is 92.3. The first-order valence-electron chi connectivity index (χ1n) is 41.4. The predicted octanol–water partition coefficient (Wildman–Crippen LogP) is 17.9. The van der Waals surface area contributed by atoms with Gasteiger partial charge in [-0.25, -0.2) is 19.2 Å². The molecule has 7 aromatic rings. The van der Waals surface area contributed by atoms with Gasteiger partial charge >= 0.3 is 31.5 Å². The largest absolute Gasteiger partial charge is 0.495 e. The summed E-state index contributed by atoms with van der Waals surface area (Å²) in [5, 5.41) is 47.6. The second kappa shape index (κ2) is 49.1. The first-order valence-corrected chi connectivity index (χ1v) is 43.0. The molecule has 686 valence electrons. The Bertz CT molecular complexity index is 4250. The highest BCUT2D eigenvalue weighted by molar-refractivity contribution is 9.10. The van der Waals surface area contributed by atoms with Gasteiger partial charge in [-0.2, -0.15) is 0 Å². The van der Waals surface area contributed by atoms with Crippen LogP contribution in [-0.4, -0.2) is 191 Å². The fraction of sp³-hybridized carbons (Fsp3) is 0.547. The number of hydrogen-bond donors (Lipinski definition) is 8. The van der Waals surface area contributed by atoms with E-state index in [0.717, 1.165) is 73.5 Å². The third kappa shape index (κ3) is 37.4. The van der Waals surface area contributed by atoms with Crippen LogP contribution in [0.3, 0.4) is 0 Å². The number of amides is 4. The first-order chi connectivity index (χ1) is 57.0. The third-order valence-corrected chi connectivity index (χ3v) is 21.6. The fourth-order valence-corrected chi connectivity index (χ4v) is 12.9. The van der Waals surface area contributed by atoms with E-state index in [0.29, 0.717) is 52.6 Å². The third-order valence-electron chi connectivity index (χ3n) is 20.3. The molecule has 25 nitrogen and oxygen atoms in total. The maximum absolute atomic E-state index is 12.0. The number of nitrogens with one attached hydrogen (secondary N) is 4. The Balaban J connectivity index is 0.000000393. The van der Waals surface area contributed by atoms with E-state index in [9.17, 15) is 19.2 Å². The molecule has 1 saturated heterocycles. The van der Waals surface area contributed by atoms with E-state index >= 15 is 0 Å². The van der Waals surface area contributed by atoms with Gasteiger partial charge in [0.05, 0.1) is 86.2 Å². The van der Waals surface area contributed by atoms with Gasteiger partial charge in [-0.15, -0.1) is 0 Å². The number of fused-ring (bicyclic) bond motifs is 4. The van der Waals surface area contributed by atoms with Gasteiger partial charge in [0.2, 0.25) is 0 Å². The number of benzene rings is 4. The van der Waals surface area contributed by atoms with Gasteiger partial charge in [0.1, 0.15) is 46.8 Å². The number of hydrogen-bond acceptors (Lipinski definition) is 21. The van der Waals surface area contributed by atoms with Crippen molar-refractivity contribution in [2.24, 2.45) is 0 Å². The van der Waals surface area contributed by atoms with Gasteiger partial charge in [0.25, 0.3) is 0 Å². The van der Waals surface area contributed by atoms with Crippen molar-refractivity contribution >= 4 is 84.3 Å². The van der Waals surface area contributed by atoms with Crippen LogP contribution < -0.4 is 26.7 Å². The SMILES string of the molecule is Brc1ccncc1.C.C.CC(C)(C)OC(=O)NCC1OCCc2c(-c3ccncc3)cccc21.CC(C)(C)OC(=O)NCC1OCCc2c(B3OC(C)(C)C(C)(C)O3)cccc21.CC(C)(C)OC(=O)NCC1OCCc2c(Br)cccc21.CC(C)(C)OC(=O)NC[C@@H]1OCCc2c(-c3ccncc3)cccc21.CC(C)(O)C(C)(C)O.CC(C)(O)C(C)(C)O.[B][B]. The Labute approximate surface area is 764 Å². The topological polar surface area (TPSA) is 328 Å². The van der Waals surface area contributed by atoms with Gasteiger partial charge in [0.15, 0.2) is 0 Å². The molecule has 4 amide bonds. The normalized spacial score (nSPS) is 17.2. The minimum atomic E-state index is -1.01. The molecule has 0 aliphatic carbocycles. The van der Waals surface area contributed by atoms with Crippen molar-refractivity contribution in [3.63, 3.8) is 0 Å². The number of halogens is 2. The van der Waals surface area contributed by atoms with E-state index < -0.39 is 76.3 Å². The van der Waals surface area contributed by atoms with Crippen molar-refractivity contribution in [3.8, 4) is 22.3 Å². The van der Waals surface area contributed by atoms with Crippen LogP contribution in [0.15, 0.2) is 155 Å². The molecule has 0 bridgehead atoms. The van der Waals surface area contributed by atoms with Crippen LogP contribution in [0.5, 0.6) is 0 Å². The number of aliphatic hydroxyl groups is 4. The summed E-state index contributed by atoms with van der Waals surface area (Å²) in [5.74, 6) is 0. The standard InChI is InChI=1S/C21H32BNO5.2C20H24N2O3.C15H20BrNO3.2C6H14O2.C5H4BrN.2CH4.B2/c1-19(2,3)26-18(24)23-13-17-15-9-8-10-16(14(15)11-12-25-17)22-27-20(4,5)21(6,7)28-22;2*1-20(2,3)25-19(23)22-13-18-17-6-4-5-15(16(17)9-12-24-18)14-7-10-21-11-8-14;1-15(2,3)20-14(18)17-9-13-11-5-4-6-12(16)10(11)7-8-19-13;2*1-5(2,7)6(3,4)8;6-5-1-3-7-4-2-5;;;1-2/h8-10,17H,11-13H2,1-7H3,(H,23,24);2*4-8,10-11,18H,9,12-13H2,1-3H3,(H,22,23);4-6,13H,7-9H2,1-3H3,(H,17,18);2*7-8H,1-4H3;1-4H;2*1H4;/t;18-;;;;;;;;/m.0......../s1. The summed E-state index contributed by atoms with van der Waals surface area (Å²) in [7, 11) is 7.59. The van der Waals surface area contributed by atoms with Crippen LogP contribution >= 0.6 is 31.9 Å². The molecule has 125 heavy (non-hydrogen) atoms. The maximum atomic E-state index is 12.0. The number of rotatable bonds is 13. The summed E-state index contributed by atoms with van der Waals surface area (Å²) in [5.41, 5.74) is 8.32. The minimum Gasteiger partial charge on any atom is -0.444 e. The van der Waals surface area contributed by atoms with E-state index in [4.69, 9.17) is 67.6 Å². The molecule has 0 saturated carbocycles. The quantitative estimate of drug-likeness (QED) is 0.0393. The minimum absolute atomic E-state index is 0. The van der Waals surface area contributed by atoms with Crippen LogP contribution in [0, 0.1) is 0 Å². The molecule has 8 N–H and O–H groups in total. The van der Waals surface area contributed by atoms with Crippen LogP contribution in [0.1, 0.15) is 250 Å².